The van der Waals surface area contributed by atoms with Crippen molar-refractivity contribution in [2.45, 2.75) is 0 Å². The lowest BCUT2D eigenvalue weighted by Crippen LogP contribution is -1.87. The highest BCUT2D eigenvalue weighted by Crippen LogP contribution is 2.27. The largest absolute Gasteiger partial charge is 0.506 e. The van der Waals surface area contributed by atoms with E-state index >= 15 is 0 Å². The Morgan fingerprint density at radius 3 is 2.38 bits per heavy atom. The number of nitrogens with zero attached hydrogens (tertiary/aromatic N) is 2. The first kappa shape index (κ1) is 9.54. The number of hydrogen-bond donors (Lipinski definition) is 1. The lowest BCUT2D eigenvalue weighted by Gasteiger charge is -2.03. The highest BCUT2D eigenvalue weighted by atomic mass is 79.9. The average Bonchev–Trinajstić information content (AvgIpc) is 2.27. The molecule has 3 nitrogen and oxygen atoms in total. The standard InChI is InChI=1S/C12H7BrN2O/c13-7-5-10-12(11(16)6-7)15-9-4-2-1-3-8(9)14-10/h1-6,16H. The quantitative estimate of drug-likeness (QED) is 0.640. The van der Waals surface area contributed by atoms with Gasteiger partial charge in [0.05, 0.1) is 16.6 Å². The van der Waals surface area contributed by atoms with Crippen molar-refractivity contribution in [3.05, 3.63) is 40.9 Å². The number of phenols is 1. The van der Waals surface area contributed by atoms with Gasteiger partial charge < -0.3 is 5.11 Å². The van der Waals surface area contributed by atoms with Gasteiger partial charge in [0.2, 0.25) is 0 Å². The second kappa shape index (κ2) is 3.42. The zero-order chi connectivity index (χ0) is 11.1. The maximum absolute atomic E-state index is 9.78. The molecule has 0 aliphatic heterocycles. The van der Waals surface area contributed by atoms with Crippen LogP contribution in [-0.4, -0.2) is 15.1 Å². The number of para-hydroxylation sites is 2. The molecule has 0 aliphatic rings. The van der Waals surface area contributed by atoms with Gasteiger partial charge in [-0.25, -0.2) is 9.97 Å². The van der Waals surface area contributed by atoms with Crippen molar-refractivity contribution >= 4 is 38.0 Å². The van der Waals surface area contributed by atoms with E-state index in [9.17, 15) is 5.11 Å². The summed E-state index contributed by atoms with van der Waals surface area (Å²) in [7, 11) is 0. The summed E-state index contributed by atoms with van der Waals surface area (Å²) in [5, 5.41) is 9.78. The molecule has 0 unspecified atom stereocenters. The van der Waals surface area contributed by atoms with Crippen LogP contribution in [0.15, 0.2) is 40.9 Å². The molecule has 4 heteroatoms. The maximum Gasteiger partial charge on any atom is 0.144 e. The zero-order valence-electron chi connectivity index (χ0n) is 8.18. The summed E-state index contributed by atoms with van der Waals surface area (Å²) in [5.74, 6) is 0.141. The van der Waals surface area contributed by atoms with E-state index in [0.717, 1.165) is 15.5 Å². The van der Waals surface area contributed by atoms with Crippen LogP contribution in [0.4, 0.5) is 0 Å². The Hall–Kier alpha value is -1.68. The maximum atomic E-state index is 9.78. The Labute approximate surface area is 99.9 Å². The predicted molar refractivity (Wildman–Crippen MR) is 66.4 cm³/mol. The summed E-state index contributed by atoms with van der Waals surface area (Å²) in [6, 6.07) is 11.1. The minimum atomic E-state index is 0.141. The van der Waals surface area contributed by atoms with Crippen molar-refractivity contribution in [2.75, 3.05) is 0 Å². The SMILES string of the molecule is Oc1cc(Br)cc2nc3ccccc3nc12. The summed E-state index contributed by atoms with van der Waals surface area (Å²) in [5.41, 5.74) is 2.83. The van der Waals surface area contributed by atoms with Gasteiger partial charge in [-0.3, -0.25) is 0 Å². The van der Waals surface area contributed by atoms with Crippen LogP contribution in [0.25, 0.3) is 22.1 Å². The first-order valence-electron chi connectivity index (χ1n) is 4.79. The van der Waals surface area contributed by atoms with E-state index in [0.29, 0.717) is 11.0 Å². The van der Waals surface area contributed by atoms with Gasteiger partial charge in [-0.2, -0.15) is 0 Å². The molecule has 0 atom stereocenters. The van der Waals surface area contributed by atoms with Crippen molar-refractivity contribution in [3.8, 4) is 5.75 Å². The molecule has 1 heterocycles. The van der Waals surface area contributed by atoms with E-state index < -0.39 is 0 Å². The van der Waals surface area contributed by atoms with Gasteiger partial charge in [0, 0.05) is 4.47 Å². The minimum Gasteiger partial charge on any atom is -0.506 e. The average molecular weight is 275 g/mol. The number of aromatic nitrogens is 2. The molecule has 0 aliphatic carbocycles. The number of rotatable bonds is 0. The third-order valence-electron chi connectivity index (χ3n) is 2.39. The van der Waals surface area contributed by atoms with E-state index in [1.54, 1.807) is 6.07 Å². The molecule has 0 saturated heterocycles. The lowest BCUT2D eigenvalue weighted by atomic mass is 10.2. The molecule has 0 fully saturated rings. The van der Waals surface area contributed by atoms with E-state index in [2.05, 4.69) is 25.9 Å². The highest BCUT2D eigenvalue weighted by Gasteiger charge is 2.06. The van der Waals surface area contributed by atoms with Gasteiger partial charge in [-0.05, 0) is 24.3 Å². The molecule has 1 aromatic heterocycles. The third kappa shape index (κ3) is 1.42. The summed E-state index contributed by atoms with van der Waals surface area (Å²) in [4.78, 5) is 8.83. The monoisotopic (exact) mass is 274 g/mol. The molecule has 2 aromatic carbocycles. The van der Waals surface area contributed by atoms with Gasteiger partial charge in [-0.1, -0.05) is 28.1 Å². The second-order valence-electron chi connectivity index (χ2n) is 3.50. The molecule has 78 valence electrons. The topological polar surface area (TPSA) is 46.0 Å². The van der Waals surface area contributed by atoms with E-state index in [4.69, 9.17) is 0 Å². The minimum absolute atomic E-state index is 0.141. The number of aromatic hydroxyl groups is 1. The van der Waals surface area contributed by atoms with E-state index in [-0.39, 0.29) is 5.75 Å². The zero-order valence-corrected chi connectivity index (χ0v) is 9.77. The Morgan fingerprint density at radius 1 is 0.938 bits per heavy atom. The van der Waals surface area contributed by atoms with E-state index in [1.165, 1.54) is 0 Å². The molecular formula is C12H7BrN2O. The van der Waals surface area contributed by atoms with Crippen LogP contribution in [0.1, 0.15) is 0 Å². The smallest absolute Gasteiger partial charge is 0.144 e. The fourth-order valence-corrected chi connectivity index (χ4v) is 2.11. The third-order valence-corrected chi connectivity index (χ3v) is 2.85. The second-order valence-corrected chi connectivity index (χ2v) is 4.42. The number of phenolic OH excluding ortho intramolecular Hbond substituents is 1. The first-order chi connectivity index (χ1) is 7.74. The molecule has 0 saturated carbocycles. The number of benzene rings is 2. The fraction of sp³-hybridized carbons (Fsp3) is 0. The van der Waals surface area contributed by atoms with Crippen molar-refractivity contribution in [2.24, 2.45) is 0 Å². The molecule has 0 amide bonds. The Kier molecular flexibility index (Phi) is 2.04. The molecule has 3 aromatic rings. The molecule has 0 bridgehead atoms. The van der Waals surface area contributed by atoms with Crippen LogP contribution in [0, 0.1) is 0 Å². The Morgan fingerprint density at radius 2 is 1.62 bits per heavy atom. The number of fused-ring (bicyclic) bond motifs is 2. The van der Waals surface area contributed by atoms with Crippen LogP contribution >= 0.6 is 15.9 Å². The summed E-state index contributed by atoms with van der Waals surface area (Å²) in [6.45, 7) is 0. The van der Waals surface area contributed by atoms with Crippen LogP contribution in [0.5, 0.6) is 5.75 Å². The van der Waals surface area contributed by atoms with Crippen LogP contribution in [-0.2, 0) is 0 Å². The van der Waals surface area contributed by atoms with Gasteiger partial charge in [0.25, 0.3) is 0 Å². The molecule has 3 rings (SSSR count). The van der Waals surface area contributed by atoms with Gasteiger partial charge in [0.1, 0.15) is 11.3 Å². The van der Waals surface area contributed by atoms with Crippen molar-refractivity contribution < 1.29 is 5.11 Å². The molecular weight excluding hydrogens is 268 g/mol. The molecule has 0 radical (unpaired) electrons. The van der Waals surface area contributed by atoms with Crippen LogP contribution in [0.3, 0.4) is 0 Å². The number of hydrogen-bond acceptors (Lipinski definition) is 3. The molecule has 1 N–H and O–H groups in total. The van der Waals surface area contributed by atoms with Gasteiger partial charge in [-0.15, -0.1) is 0 Å². The summed E-state index contributed by atoms with van der Waals surface area (Å²) >= 11 is 3.32. The predicted octanol–water partition coefficient (Wildman–Crippen LogP) is 3.25. The summed E-state index contributed by atoms with van der Waals surface area (Å²) in [6.07, 6.45) is 0. The number of halogens is 1. The van der Waals surface area contributed by atoms with Gasteiger partial charge in [0.15, 0.2) is 0 Å². The normalized spacial score (nSPS) is 11.1. The molecule has 0 spiro atoms. The lowest BCUT2D eigenvalue weighted by molar-refractivity contribution is 0.480. The first-order valence-corrected chi connectivity index (χ1v) is 5.58. The highest BCUT2D eigenvalue weighted by molar-refractivity contribution is 9.10. The fourth-order valence-electron chi connectivity index (χ4n) is 1.67. The summed E-state index contributed by atoms with van der Waals surface area (Å²) < 4.78 is 0.794. The van der Waals surface area contributed by atoms with Crippen molar-refractivity contribution in [1.29, 1.82) is 0 Å². The van der Waals surface area contributed by atoms with Crippen LogP contribution in [0.2, 0.25) is 0 Å². The Bertz CT molecular complexity index is 697. The Balaban J connectivity index is 2.51. The van der Waals surface area contributed by atoms with Crippen molar-refractivity contribution in [1.82, 2.24) is 9.97 Å². The van der Waals surface area contributed by atoms with Crippen molar-refractivity contribution in [3.63, 3.8) is 0 Å². The van der Waals surface area contributed by atoms with E-state index in [1.807, 2.05) is 30.3 Å². The van der Waals surface area contributed by atoms with Gasteiger partial charge >= 0.3 is 0 Å². The van der Waals surface area contributed by atoms with Crippen LogP contribution < -0.4 is 0 Å². The molecule has 16 heavy (non-hydrogen) atoms.